The van der Waals surface area contributed by atoms with E-state index < -0.39 is 6.10 Å². The number of nitrogens with zero attached hydrogens (tertiary/aromatic N) is 2. The van der Waals surface area contributed by atoms with Crippen molar-refractivity contribution in [2.75, 3.05) is 11.4 Å². The normalized spacial score (nSPS) is 21.1. The Labute approximate surface area is 97.1 Å². The third kappa shape index (κ3) is 2.05. The van der Waals surface area contributed by atoms with Crippen LogP contribution in [-0.4, -0.2) is 22.2 Å². The van der Waals surface area contributed by atoms with Gasteiger partial charge in [-0.2, -0.15) is 0 Å². The molecule has 1 fully saturated rings. The minimum atomic E-state index is -0.437. The average molecular weight is 220 g/mol. The van der Waals surface area contributed by atoms with Gasteiger partial charge in [0.15, 0.2) is 0 Å². The molecule has 0 bridgehead atoms. The van der Waals surface area contributed by atoms with E-state index in [0.29, 0.717) is 0 Å². The molecule has 0 aromatic carbocycles. The number of pyridine rings is 1. The molecule has 3 heteroatoms. The van der Waals surface area contributed by atoms with Crippen LogP contribution in [0, 0.1) is 0 Å². The highest BCUT2D eigenvalue weighted by atomic mass is 16.3. The smallest absolute Gasteiger partial charge is 0.128 e. The molecule has 0 radical (unpaired) electrons. The summed E-state index contributed by atoms with van der Waals surface area (Å²) in [7, 11) is 0. The van der Waals surface area contributed by atoms with E-state index in [1.54, 1.807) is 13.1 Å². The highest BCUT2D eigenvalue weighted by molar-refractivity contribution is 5.44. The standard InChI is InChI=1S/C13H20N2O/c1-10(16)11-5-6-12(14-9-11)15-8-4-7-13(15,2)3/h5-6,9-10,16H,4,7-8H2,1-3H3. The first-order chi connectivity index (χ1) is 7.50. The van der Waals surface area contributed by atoms with Crippen molar-refractivity contribution in [1.82, 2.24) is 4.98 Å². The fourth-order valence-electron chi connectivity index (χ4n) is 2.34. The van der Waals surface area contributed by atoms with Crippen molar-refractivity contribution >= 4 is 5.82 Å². The van der Waals surface area contributed by atoms with E-state index in [4.69, 9.17) is 0 Å². The van der Waals surface area contributed by atoms with Gasteiger partial charge in [-0.15, -0.1) is 0 Å². The zero-order chi connectivity index (χ0) is 11.8. The van der Waals surface area contributed by atoms with Crippen molar-refractivity contribution in [3.05, 3.63) is 23.9 Å². The molecule has 0 amide bonds. The molecule has 1 aliphatic heterocycles. The van der Waals surface area contributed by atoms with E-state index in [9.17, 15) is 5.11 Å². The van der Waals surface area contributed by atoms with Gasteiger partial charge < -0.3 is 10.0 Å². The number of rotatable bonds is 2. The molecule has 1 unspecified atom stereocenters. The minimum Gasteiger partial charge on any atom is -0.389 e. The molecule has 0 aliphatic carbocycles. The number of hydrogen-bond donors (Lipinski definition) is 1. The van der Waals surface area contributed by atoms with Gasteiger partial charge in [-0.05, 0) is 45.2 Å². The molecule has 1 aliphatic rings. The Morgan fingerprint density at radius 3 is 2.62 bits per heavy atom. The molecule has 1 saturated heterocycles. The summed E-state index contributed by atoms with van der Waals surface area (Å²) in [6.45, 7) is 7.35. The van der Waals surface area contributed by atoms with E-state index >= 15 is 0 Å². The van der Waals surface area contributed by atoms with Crippen molar-refractivity contribution in [2.45, 2.75) is 45.3 Å². The summed E-state index contributed by atoms with van der Waals surface area (Å²) in [4.78, 5) is 6.79. The Bertz CT molecular complexity index is 357. The molecule has 2 heterocycles. The quantitative estimate of drug-likeness (QED) is 0.832. The van der Waals surface area contributed by atoms with Crippen LogP contribution in [0.15, 0.2) is 18.3 Å². The Morgan fingerprint density at radius 2 is 2.19 bits per heavy atom. The fraction of sp³-hybridized carbons (Fsp3) is 0.615. The monoisotopic (exact) mass is 220 g/mol. The van der Waals surface area contributed by atoms with Gasteiger partial charge in [0.2, 0.25) is 0 Å². The predicted molar refractivity (Wildman–Crippen MR) is 65.5 cm³/mol. The maximum absolute atomic E-state index is 9.43. The lowest BCUT2D eigenvalue weighted by atomic mass is 10.0. The lowest BCUT2D eigenvalue weighted by Gasteiger charge is -2.32. The molecule has 1 atom stereocenters. The number of aliphatic hydroxyl groups excluding tert-OH is 1. The van der Waals surface area contributed by atoms with Crippen LogP contribution in [0.3, 0.4) is 0 Å². The molecule has 16 heavy (non-hydrogen) atoms. The van der Waals surface area contributed by atoms with Crippen LogP contribution in [-0.2, 0) is 0 Å². The first-order valence-electron chi connectivity index (χ1n) is 5.92. The molecule has 88 valence electrons. The zero-order valence-electron chi connectivity index (χ0n) is 10.3. The molecule has 0 spiro atoms. The van der Waals surface area contributed by atoms with Gasteiger partial charge in [0.25, 0.3) is 0 Å². The maximum Gasteiger partial charge on any atom is 0.128 e. The number of aliphatic hydroxyl groups is 1. The van der Waals surface area contributed by atoms with Crippen LogP contribution in [0.25, 0.3) is 0 Å². The summed E-state index contributed by atoms with van der Waals surface area (Å²) >= 11 is 0. The first kappa shape index (κ1) is 11.4. The van der Waals surface area contributed by atoms with E-state index in [0.717, 1.165) is 17.9 Å². The summed E-state index contributed by atoms with van der Waals surface area (Å²) in [6, 6.07) is 3.97. The van der Waals surface area contributed by atoms with Crippen molar-refractivity contribution in [2.24, 2.45) is 0 Å². The third-order valence-electron chi connectivity index (χ3n) is 3.43. The van der Waals surface area contributed by atoms with E-state index in [-0.39, 0.29) is 5.54 Å². The van der Waals surface area contributed by atoms with Gasteiger partial charge >= 0.3 is 0 Å². The third-order valence-corrected chi connectivity index (χ3v) is 3.43. The van der Waals surface area contributed by atoms with Crippen LogP contribution in [0.5, 0.6) is 0 Å². The van der Waals surface area contributed by atoms with E-state index in [1.165, 1.54) is 12.8 Å². The second-order valence-corrected chi connectivity index (χ2v) is 5.19. The van der Waals surface area contributed by atoms with Gasteiger partial charge in [0.05, 0.1) is 6.10 Å². The predicted octanol–water partition coefficient (Wildman–Crippen LogP) is 2.51. The van der Waals surface area contributed by atoms with Crippen LogP contribution in [0.1, 0.15) is 45.3 Å². The van der Waals surface area contributed by atoms with E-state index in [2.05, 4.69) is 23.7 Å². The molecule has 2 rings (SSSR count). The zero-order valence-corrected chi connectivity index (χ0v) is 10.3. The highest BCUT2D eigenvalue weighted by Gasteiger charge is 2.32. The summed E-state index contributed by atoms with van der Waals surface area (Å²) in [5, 5.41) is 9.43. The molecular formula is C13H20N2O. The summed E-state index contributed by atoms with van der Waals surface area (Å²) in [5.41, 5.74) is 1.08. The first-order valence-corrected chi connectivity index (χ1v) is 5.92. The largest absolute Gasteiger partial charge is 0.389 e. The minimum absolute atomic E-state index is 0.208. The number of anilines is 1. The lowest BCUT2D eigenvalue weighted by molar-refractivity contribution is 0.199. The van der Waals surface area contributed by atoms with Crippen molar-refractivity contribution in [3.63, 3.8) is 0 Å². The molecule has 0 saturated carbocycles. The molecule has 1 N–H and O–H groups in total. The number of hydrogen-bond acceptors (Lipinski definition) is 3. The summed E-state index contributed by atoms with van der Waals surface area (Å²) < 4.78 is 0. The van der Waals surface area contributed by atoms with Crippen molar-refractivity contribution < 1.29 is 5.11 Å². The SMILES string of the molecule is CC(O)c1ccc(N2CCCC2(C)C)nc1. The fourth-order valence-corrected chi connectivity index (χ4v) is 2.34. The summed E-state index contributed by atoms with van der Waals surface area (Å²) in [6.07, 6.45) is 3.78. The molecule has 1 aromatic heterocycles. The van der Waals surface area contributed by atoms with Crippen molar-refractivity contribution in [3.8, 4) is 0 Å². The van der Waals surface area contributed by atoms with Crippen LogP contribution < -0.4 is 4.90 Å². The van der Waals surface area contributed by atoms with Gasteiger partial charge in [-0.1, -0.05) is 6.07 Å². The molecule has 3 nitrogen and oxygen atoms in total. The van der Waals surface area contributed by atoms with E-state index in [1.807, 2.05) is 12.1 Å². The van der Waals surface area contributed by atoms with Crippen LogP contribution in [0.2, 0.25) is 0 Å². The molecular weight excluding hydrogens is 200 g/mol. The lowest BCUT2D eigenvalue weighted by Crippen LogP contribution is -2.38. The maximum atomic E-state index is 9.43. The highest BCUT2D eigenvalue weighted by Crippen LogP contribution is 2.32. The van der Waals surface area contributed by atoms with Gasteiger partial charge in [0, 0.05) is 18.3 Å². The number of aromatic nitrogens is 1. The Hall–Kier alpha value is -1.09. The Kier molecular flexibility index (Phi) is 2.89. The average Bonchev–Trinajstić information content (AvgIpc) is 2.58. The summed E-state index contributed by atoms with van der Waals surface area (Å²) in [5.74, 6) is 1.02. The molecule has 1 aromatic rings. The van der Waals surface area contributed by atoms with Gasteiger partial charge in [-0.25, -0.2) is 4.98 Å². The topological polar surface area (TPSA) is 36.4 Å². The van der Waals surface area contributed by atoms with Crippen LogP contribution in [0.4, 0.5) is 5.82 Å². The second kappa shape index (κ2) is 4.06. The van der Waals surface area contributed by atoms with Crippen LogP contribution >= 0.6 is 0 Å². The Balaban J connectivity index is 2.22. The van der Waals surface area contributed by atoms with Gasteiger partial charge in [-0.3, -0.25) is 0 Å². The second-order valence-electron chi connectivity index (χ2n) is 5.19. The Morgan fingerprint density at radius 1 is 1.44 bits per heavy atom. The van der Waals surface area contributed by atoms with Gasteiger partial charge in [0.1, 0.15) is 5.82 Å². The van der Waals surface area contributed by atoms with Crippen molar-refractivity contribution in [1.29, 1.82) is 0 Å².